The molecule has 0 saturated carbocycles. The van der Waals surface area contributed by atoms with Gasteiger partial charge in [-0.15, -0.1) is 11.3 Å². The number of amides is 1. The van der Waals surface area contributed by atoms with Crippen LogP contribution in [0.1, 0.15) is 37.4 Å². The second-order valence-corrected chi connectivity index (χ2v) is 9.53. The number of thiazole rings is 1. The Morgan fingerprint density at radius 2 is 1.90 bits per heavy atom. The molecular formula is C22H31N5O2S. The van der Waals surface area contributed by atoms with Crippen LogP contribution in [0.2, 0.25) is 0 Å². The van der Waals surface area contributed by atoms with Gasteiger partial charge in [-0.1, -0.05) is 19.9 Å². The van der Waals surface area contributed by atoms with Gasteiger partial charge in [0.2, 0.25) is 5.91 Å². The predicted molar refractivity (Wildman–Crippen MR) is 118 cm³/mol. The van der Waals surface area contributed by atoms with Crippen LogP contribution in [-0.2, 0) is 16.9 Å². The van der Waals surface area contributed by atoms with Gasteiger partial charge in [0.1, 0.15) is 16.4 Å². The van der Waals surface area contributed by atoms with Gasteiger partial charge in [-0.25, -0.2) is 9.97 Å². The minimum absolute atomic E-state index is 0.000192. The van der Waals surface area contributed by atoms with Crippen LogP contribution in [0.3, 0.4) is 0 Å². The third-order valence-corrected chi connectivity index (χ3v) is 6.96. The monoisotopic (exact) mass is 429 g/mol. The number of piperazine rings is 1. The van der Waals surface area contributed by atoms with Crippen molar-refractivity contribution in [3.8, 4) is 0 Å². The van der Waals surface area contributed by atoms with Crippen molar-refractivity contribution in [3.63, 3.8) is 0 Å². The molecular weight excluding hydrogens is 398 g/mol. The van der Waals surface area contributed by atoms with Crippen LogP contribution in [0.5, 0.6) is 0 Å². The van der Waals surface area contributed by atoms with Crippen LogP contribution in [0.15, 0.2) is 29.8 Å². The smallest absolute Gasteiger partial charge is 0.225 e. The molecule has 0 aromatic carbocycles. The summed E-state index contributed by atoms with van der Waals surface area (Å²) in [5, 5.41) is 14.2. The SMILES string of the molecule is CC(C)C(=O)N1CCC(O)(c2csc(CN3CCN(c4ccccn4)CC3)n2)CC1. The molecule has 4 rings (SSSR count). The van der Waals surface area contributed by atoms with E-state index in [2.05, 4.69) is 20.9 Å². The molecule has 2 aliphatic rings. The van der Waals surface area contributed by atoms with Crippen molar-refractivity contribution >= 4 is 23.1 Å². The van der Waals surface area contributed by atoms with Crippen molar-refractivity contribution < 1.29 is 9.90 Å². The van der Waals surface area contributed by atoms with Gasteiger partial charge in [0.15, 0.2) is 0 Å². The molecule has 0 spiro atoms. The van der Waals surface area contributed by atoms with Gasteiger partial charge < -0.3 is 14.9 Å². The van der Waals surface area contributed by atoms with Crippen LogP contribution >= 0.6 is 11.3 Å². The zero-order valence-corrected chi connectivity index (χ0v) is 18.6. The first-order valence-corrected chi connectivity index (χ1v) is 11.7. The van der Waals surface area contributed by atoms with E-state index >= 15 is 0 Å². The number of anilines is 1. The van der Waals surface area contributed by atoms with E-state index in [0.717, 1.165) is 49.2 Å². The van der Waals surface area contributed by atoms with Crippen molar-refractivity contribution in [1.29, 1.82) is 0 Å². The van der Waals surface area contributed by atoms with E-state index in [1.807, 2.05) is 42.5 Å². The number of nitrogens with zero attached hydrogens (tertiary/aromatic N) is 5. The van der Waals surface area contributed by atoms with Crippen molar-refractivity contribution in [3.05, 3.63) is 40.5 Å². The van der Waals surface area contributed by atoms with E-state index in [1.54, 1.807) is 11.3 Å². The highest BCUT2D eigenvalue weighted by Crippen LogP contribution is 2.34. The predicted octanol–water partition coefficient (Wildman–Crippen LogP) is 2.33. The van der Waals surface area contributed by atoms with E-state index < -0.39 is 5.60 Å². The summed E-state index contributed by atoms with van der Waals surface area (Å²) in [4.78, 5) is 28.0. The lowest BCUT2D eigenvalue weighted by molar-refractivity contribution is -0.139. The van der Waals surface area contributed by atoms with E-state index in [-0.39, 0.29) is 11.8 Å². The number of aliphatic hydroxyl groups is 1. The largest absolute Gasteiger partial charge is 0.383 e. The summed E-state index contributed by atoms with van der Waals surface area (Å²) in [6.45, 7) is 9.71. The number of rotatable bonds is 5. The first-order valence-electron chi connectivity index (χ1n) is 10.8. The topological polar surface area (TPSA) is 72.8 Å². The van der Waals surface area contributed by atoms with Crippen LogP contribution in [0.25, 0.3) is 0 Å². The molecule has 0 atom stereocenters. The molecule has 0 aliphatic carbocycles. The molecule has 2 aromatic rings. The number of hydrogen-bond acceptors (Lipinski definition) is 7. The fourth-order valence-corrected chi connectivity index (χ4v) is 5.11. The van der Waals surface area contributed by atoms with Crippen LogP contribution in [-0.4, -0.2) is 70.1 Å². The highest BCUT2D eigenvalue weighted by Gasteiger charge is 2.37. The summed E-state index contributed by atoms with van der Waals surface area (Å²) in [6, 6.07) is 6.03. The Morgan fingerprint density at radius 1 is 1.17 bits per heavy atom. The number of carbonyl (C=O) groups excluding carboxylic acids is 1. The van der Waals surface area contributed by atoms with Crippen molar-refractivity contribution in [2.45, 2.75) is 38.8 Å². The molecule has 2 aromatic heterocycles. The molecule has 1 N–H and O–H groups in total. The average Bonchev–Trinajstić information content (AvgIpc) is 3.24. The quantitative estimate of drug-likeness (QED) is 0.787. The number of aromatic nitrogens is 2. The molecule has 0 unspecified atom stereocenters. The number of carbonyl (C=O) groups is 1. The Morgan fingerprint density at radius 3 is 2.53 bits per heavy atom. The van der Waals surface area contributed by atoms with Gasteiger partial charge in [-0.3, -0.25) is 9.69 Å². The van der Waals surface area contributed by atoms with Gasteiger partial charge in [-0.2, -0.15) is 0 Å². The first-order chi connectivity index (χ1) is 14.4. The first kappa shape index (κ1) is 21.2. The summed E-state index contributed by atoms with van der Waals surface area (Å²) in [5.41, 5.74) is -0.147. The Hall–Kier alpha value is -2.03. The molecule has 0 bridgehead atoms. The lowest BCUT2D eigenvalue weighted by Crippen LogP contribution is -2.46. The van der Waals surface area contributed by atoms with Gasteiger partial charge in [-0.05, 0) is 25.0 Å². The van der Waals surface area contributed by atoms with Crippen LogP contribution < -0.4 is 4.90 Å². The van der Waals surface area contributed by atoms with Gasteiger partial charge in [0.05, 0.1) is 12.2 Å². The molecule has 30 heavy (non-hydrogen) atoms. The summed E-state index contributed by atoms with van der Waals surface area (Å²) in [7, 11) is 0. The molecule has 0 radical (unpaired) electrons. The maximum Gasteiger partial charge on any atom is 0.225 e. The third kappa shape index (κ3) is 4.66. The van der Waals surface area contributed by atoms with Crippen molar-refractivity contribution in [2.24, 2.45) is 5.92 Å². The molecule has 2 fully saturated rings. The average molecular weight is 430 g/mol. The number of likely N-dealkylation sites (tertiary alicyclic amines) is 1. The van der Waals surface area contributed by atoms with E-state index in [9.17, 15) is 9.90 Å². The van der Waals surface area contributed by atoms with Gasteiger partial charge in [0.25, 0.3) is 0 Å². The lowest BCUT2D eigenvalue weighted by Gasteiger charge is -2.38. The highest BCUT2D eigenvalue weighted by molar-refractivity contribution is 7.09. The van der Waals surface area contributed by atoms with Crippen LogP contribution in [0.4, 0.5) is 5.82 Å². The zero-order valence-electron chi connectivity index (χ0n) is 17.8. The lowest BCUT2D eigenvalue weighted by atomic mass is 9.88. The Labute approximate surface area is 182 Å². The normalized spacial score (nSPS) is 20.0. The summed E-state index contributed by atoms with van der Waals surface area (Å²) < 4.78 is 0. The highest BCUT2D eigenvalue weighted by atomic mass is 32.1. The molecule has 1 amide bonds. The van der Waals surface area contributed by atoms with Gasteiger partial charge >= 0.3 is 0 Å². The molecule has 2 saturated heterocycles. The minimum Gasteiger partial charge on any atom is -0.383 e. The second kappa shape index (κ2) is 8.99. The van der Waals surface area contributed by atoms with E-state index in [0.29, 0.717) is 25.9 Å². The van der Waals surface area contributed by atoms with Crippen molar-refractivity contribution in [1.82, 2.24) is 19.8 Å². The number of pyridine rings is 1. The summed E-state index contributed by atoms with van der Waals surface area (Å²) in [6.07, 6.45) is 2.95. The molecule has 2 aliphatic heterocycles. The summed E-state index contributed by atoms with van der Waals surface area (Å²) >= 11 is 1.63. The van der Waals surface area contributed by atoms with Gasteiger partial charge in [0, 0.05) is 56.8 Å². The van der Waals surface area contributed by atoms with Crippen molar-refractivity contribution in [2.75, 3.05) is 44.2 Å². The number of hydrogen-bond donors (Lipinski definition) is 1. The molecule has 8 heteroatoms. The Bertz CT molecular complexity index is 840. The zero-order chi connectivity index (χ0) is 21.1. The fraction of sp³-hybridized carbons (Fsp3) is 0.591. The Kier molecular flexibility index (Phi) is 6.36. The summed E-state index contributed by atoms with van der Waals surface area (Å²) in [5.74, 6) is 1.21. The fourth-order valence-electron chi connectivity index (χ4n) is 4.18. The van der Waals surface area contributed by atoms with E-state index in [4.69, 9.17) is 4.98 Å². The third-order valence-electron chi connectivity index (χ3n) is 6.13. The molecule has 7 nitrogen and oxygen atoms in total. The molecule has 4 heterocycles. The van der Waals surface area contributed by atoms with Crippen LogP contribution in [0, 0.1) is 5.92 Å². The van der Waals surface area contributed by atoms with E-state index in [1.165, 1.54) is 0 Å². The molecule has 162 valence electrons. The maximum atomic E-state index is 12.2. The number of piperidine rings is 1. The maximum absolute atomic E-state index is 12.2. The second-order valence-electron chi connectivity index (χ2n) is 8.59. The minimum atomic E-state index is -0.916. The Balaban J connectivity index is 1.30. The standard InChI is InChI=1S/C22H31N5O2S/c1-17(2)21(28)27-9-6-22(29,7-10-27)18-16-30-20(24-18)15-25-11-13-26(14-12-25)19-5-3-4-8-23-19/h3-5,8,16-17,29H,6-7,9-15H2,1-2H3.